The van der Waals surface area contributed by atoms with Gasteiger partial charge in [-0.05, 0) is 20.8 Å². The topological polar surface area (TPSA) is 21.8 Å². The monoisotopic (exact) mass is 372 g/mol. The summed E-state index contributed by atoms with van der Waals surface area (Å²) in [5, 5.41) is 0. The van der Waals surface area contributed by atoms with Crippen molar-refractivity contribution in [1.82, 2.24) is 0 Å². The van der Waals surface area contributed by atoms with Gasteiger partial charge in [-0.3, -0.25) is 0 Å². The molecule has 0 amide bonds. The van der Waals surface area contributed by atoms with E-state index >= 15 is 0 Å². The second-order valence-corrected chi connectivity index (χ2v) is 19.1. The van der Waals surface area contributed by atoms with Crippen LogP contribution < -0.4 is 0 Å². The zero-order valence-electron chi connectivity index (χ0n) is 11.0. The zero-order chi connectivity index (χ0) is 13.4. The maximum atomic E-state index is 5.96. The van der Waals surface area contributed by atoms with Crippen molar-refractivity contribution in [2.75, 3.05) is 19.8 Å². The summed E-state index contributed by atoms with van der Waals surface area (Å²) in [5.74, 6) is 0. The lowest BCUT2D eigenvalue weighted by molar-refractivity contribution is 0.123. The molecule has 0 spiro atoms. The third-order valence-corrected chi connectivity index (χ3v) is 13.7. The van der Waals surface area contributed by atoms with Crippen molar-refractivity contribution in [2.45, 2.75) is 40.5 Å². The Morgan fingerprint density at radius 3 is 1.84 bits per heavy atom. The van der Waals surface area contributed by atoms with E-state index < -0.39 is 0 Å². The van der Waals surface area contributed by atoms with Gasteiger partial charge in [-0.2, -0.15) is 0 Å². The van der Waals surface area contributed by atoms with E-state index in [-0.39, 0.29) is 13.6 Å². The van der Waals surface area contributed by atoms with E-state index in [1.807, 2.05) is 0 Å². The van der Waals surface area contributed by atoms with Gasteiger partial charge in [0.2, 0.25) is 0 Å². The molecule has 2 nitrogen and oxygen atoms in total. The molecule has 0 saturated carbocycles. The molecular formula is C11H16O2S6. The number of rotatable bonds is 4. The molecule has 5 saturated heterocycles. The Bertz CT molecular complexity index is 360. The molecule has 1 unspecified atom stereocenters. The predicted molar refractivity (Wildman–Crippen MR) is 94.1 cm³/mol. The molecule has 19 heavy (non-hydrogen) atoms. The van der Waals surface area contributed by atoms with Crippen LogP contribution in [0.3, 0.4) is 0 Å². The van der Waals surface area contributed by atoms with Gasteiger partial charge < -0.3 is 9.47 Å². The molecule has 0 aromatic rings. The highest BCUT2D eigenvalue weighted by atomic mass is 32.4. The summed E-state index contributed by atoms with van der Waals surface area (Å²) in [6.45, 7) is 9.65. The van der Waals surface area contributed by atoms with E-state index in [2.05, 4.69) is 91.3 Å². The quantitative estimate of drug-likeness (QED) is 0.663. The molecule has 5 aliphatic heterocycles. The minimum absolute atomic E-state index is 0.162. The van der Waals surface area contributed by atoms with Gasteiger partial charge in [0.05, 0.1) is 19.8 Å². The highest BCUT2D eigenvalue weighted by Gasteiger charge is 2.68. The fourth-order valence-corrected chi connectivity index (χ4v) is 24.2. The van der Waals surface area contributed by atoms with Gasteiger partial charge in [-0.1, -0.05) is 0 Å². The van der Waals surface area contributed by atoms with E-state index in [9.17, 15) is 0 Å². The van der Waals surface area contributed by atoms with Gasteiger partial charge in [-0.15, -0.1) is 70.6 Å². The van der Waals surface area contributed by atoms with Gasteiger partial charge in [0.25, 0.3) is 0 Å². The number of thioether (sulfide) groups is 6. The first-order valence-electron chi connectivity index (χ1n) is 6.22. The molecule has 5 rings (SSSR count). The number of hydrogen-bond donors (Lipinski definition) is 0. The Morgan fingerprint density at radius 2 is 1.42 bits per heavy atom. The van der Waals surface area contributed by atoms with E-state index in [4.69, 9.17) is 9.47 Å². The number of ether oxygens (including phenoxy) is 2. The summed E-state index contributed by atoms with van der Waals surface area (Å²) >= 11 is 12.7. The van der Waals surface area contributed by atoms with Crippen LogP contribution in [0, 0.1) is 0 Å². The smallest absolute Gasteiger partial charge is 0.136 e. The van der Waals surface area contributed by atoms with E-state index in [0.29, 0.717) is 6.10 Å². The normalized spacial score (nSPS) is 58.6. The standard InChI is InChI=1S/C11H16O2S6/c1-8-14-9(2)16-10(3,15-8)19-11(17-8,18-9)6-12-4-7-5-13-7/h7H,4-6H2,1-3H3. The first kappa shape index (κ1) is 14.6. The van der Waals surface area contributed by atoms with Crippen LogP contribution in [0.5, 0.6) is 0 Å². The molecule has 5 heterocycles. The maximum absolute atomic E-state index is 5.96. The van der Waals surface area contributed by atoms with E-state index in [1.165, 1.54) is 0 Å². The van der Waals surface area contributed by atoms with Gasteiger partial charge in [0.1, 0.15) is 19.7 Å². The van der Waals surface area contributed by atoms with Crippen LogP contribution in [0.1, 0.15) is 20.8 Å². The zero-order valence-corrected chi connectivity index (χ0v) is 15.9. The van der Waals surface area contributed by atoms with Crippen molar-refractivity contribution < 1.29 is 9.47 Å². The SMILES string of the molecule is CC12SC3(C)SC(C)(S1)SC(COCC1CO1)(S2)S3. The van der Waals surface area contributed by atoms with Crippen LogP contribution in [0.25, 0.3) is 0 Å². The molecule has 5 aliphatic rings. The fourth-order valence-electron chi connectivity index (χ4n) is 2.68. The average molecular weight is 373 g/mol. The fraction of sp³-hybridized carbons (Fsp3) is 1.00. The second-order valence-electron chi connectivity index (χ2n) is 5.35. The average Bonchev–Trinajstić information content (AvgIpc) is 2.92. The third-order valence-electron chi connectivity index (χ3n) is 3.12. The van der Waals surface area contributed by atoms with Crippen LogP contribution >= 0.6 is 70.6 Å². The van der Waals surface area contributed by atoms with Crippen molar-refractivity contribution >= 4 is 70.6 Å². The summed E-state index contributed by atoms with van der Waals surface area (Å²) in [4.78, 5) is 0. The maximum Gasteiger partial charge on any atom is 0.136 e. The van der Waals surface area contributed by atoms with Gasteiger partial charge in [0.15, 0.2) is 0 Å². The second kappa shape index (κ2) is 4.52. The molecule has 4 bridgehead atoms. The van der Waals surface area contributed by atoms with Crippen LogP contribution in [0.15, 0.2) is 0 Å². The number of hydrogen-bond acceptors (Lipinski definition) is 8. The minimum Gasteiger partial charge on any atom is -0.375 e. The summed E-state index contributed by atoms with van der Waals surface area (Å²) in [5.41, 5.74) is 0. The summed E-state index contributed by atoms with van der Waals surface area (Å²) in [6.07, 6.45) is 0.369. The van der Waals surface area contributed by atoms with Crippen LogP contribution in [0.2, 0.25) is 0 Å². The molecule has 0 aromatic carbocycles. The third kappa shape index (κ3) is 2.82. The highest BCUT2D eigenvalue weighted by molar-refractivity contribution is 8.64. The van der Waals surface area contributed by atoms with Crippen LogP contribution in [-0.2, 0) is 9.47 Å². The first-order valence-corrected chi connectivity index (χ1v) is 11.1. The molecule has 1 atom stereocenters. The van der Waals surface area contributed by atoms with Crippen molar-refractivity contribution in [3.8, 4) is 0 Å². The van der Waals surface area contributed by atoms with Crippen molar-refractivity contribution in [3.63, 3.8) is 0 Å². The lowest BCUT2D eigenvalue weighted by Crippen LogP contribution is -2.52. The van der Waals surface area contributed by atoms with Crippen molar-refractivity contribution in [1.29, 1.82) is 0 Å². The Hall–Kier alpha value is 2.02. The largest absolute Gasteiger partial charge is 0.375 e. The van der Waals surface area contributed by atoms with Gasteiger partial charge in [-0.25, -0.2) is 0 Å². The lowest BCUT2D eigenvalue weighted by Gasteiger charge is -2.64. The Balaban J connectivity index is 1.54. The molecule has 108 valence electrons. The van der Waals surface area contributed by atoms with E-state index in [0.717, 1.165) is 19.8 Å². The summed E-state index contributed by atoms with van der Waals surface area (Å²) in [6, 6.07) is 0. The molecular weight excluding hydrogens is 357 g/mol. The molecule has 0 aromatic heterocycles. The molecule has 0 aliphatic carbocycles. The summed E-state index contributed by atoms with van der Waals surface area (Å²) in [7, 11) is 0. The molecule has 8 heteroatoms. The highest BCUT2D eigenvalue weighted by Crippen LogP contribution is 2.88. The lowest BCUT2D eigenvalue weighted by atomic mass is 10.5. The van der Waals surface area contributed by atoms with Crippen molar-refractivity contribution in [2.24, 2.45) is 0 Å². The Morgan fingerprint density at radius 1 is 0.947 bits per heavy atom. The minimum atomic E-state index is 0.162. The first-order chi connectivity index (χ1) is 8.82. The van der Waals surface area contributed by atoms with E-state index in [1.54, 1.807) is 0 Å². The molecule has 0 radical (unpaired) electrons. The van der Waals surface area contributed by atoms with Crippen molar-refractivity contribution in [3.05, 3.63) is 0 Å². The number of epoxide rings is 1. The molecule has 0 N–H and O–H groups in total. The molecule has 5 fully saturated rings. The summed E-state index contributed by atoms with van der Waals surface area (Å²) < 4.78 is 12.2. The van der Waals surface area contributed by atoms with Gasteiger partial charge in [0, 0.05) is 0 Å². The van der Waals surface area contributed by atoms with Gasteiger partial charge >= 0.3 is 0 Å². The predicted octanol–water partition coefficient (Wildman–Crippen LogP) is 4.52. The van der Waals surface area contributed by atoms with Crippen LogP contribution in [0.4, 0.5) is 0 Å². The Kier molecular flexibility index (Phi) is 3.48. The van der Waals surface area contributed by atoms with Crippen LogP contribution in [-0.4, -0.2) is 39.6 Å². The Labute approximate surface area is 139 Å².